The maximum absolute atomic E-state index is 5.44. The van der Waals surface area contributed by atoms with Gasteiger partial charge >= 0.3 is 0 Å². The van der Waals surface area contributed by atoms with E-state index in [0.29, 0.717) is 13.5 Å². The molecule has 0 aliphatic rings. The van der Waals surface area contributed by atoms with Crippen molar-refractivity contribution in [2.24, 2.45) is 0 Å². The quantitative estimate of drug-likeness (QED) is 0.312. The van der Waals surface area contributed by atoms with Crippen LogP contribution in [0.3, 0.4) is 0 Å². The summed E-state index contributed by atoms with van der Waals surface area (Å²) in [6.45, 7) is 10.1. The lowest BCUT2D eigenvalue weighted by molar-refractivity contribution is 0.0373. The fourth-order valence-corrected chi connectivity index (χ4v) is 1.55. The topological polar surface area (TPSA) is 49.0 Å². The van der Waals surface area contributed by atoms with Crippen molar-refractivity contribution in [3.63, 3.8) is 0 Å². The van der Waals surface area contributed by atoms with E-state index in [1.165, 1.54) is 12.8 Å². The molecule has 0 aliphatic carbocycles. The van der Waals surface area contributed by atoms with Gasteiger partial charge in [-0.05, 0) is 25.7 Å². The predicted molar refractivity (Wildman–Crippen MR) is 85.5 cm³/mol. The third kappa shape index (κ3) is 19.8. The molecule has 21 heavy (non-hydrogen) atoms. The lowest BCUT2D eigenvalue weighted by Crippen LogP contribution is -2.22. The molecule has 0 heterocycles. The minimum atomic E-state index is 0.530. The zero-order valence-electron chi connectivity index (χ0n) is 14.0. The molecule has 0 aromatic rings. The standard InChI is InChI=1S/C16H35NO4/c1-3-5-9-18-11-7-13-20-15-17-16-21-14-8-12-19-10-6-4-2/h17H,3-16H2,1-2H3. The second-order valence-corrected chi connectivity index (χ2v) is 4.99. The molecule has 0 radical (unpaired) electrons. The van der Waals surface area contributed by atoms with Gasteiger partial charge in [0.25, 0.3) is 0 Å². The molecule has 0 saturated carbocycles. The third-order valence-electron chi connectivity index (χ3n) is 2.85. The van der Waals surface area contributed by atoms with Gasteiger partial charge in [0.2, 0.25) is 0 Å². The monoisotopic (exact) mass is 305 g/mol. The van der Waals surface area contributed by atoms with Gasteiger partial charge in [0.15, 0.2) is 0 Å². The van der Waals surface area contributed by atoms with Crippen molar-refractivity contribution in [3.05, 3.63) is 0 Å². The lowest BCUT2D eigenvalue weighted by atomic mass is 10.4. The van der Waals surface area contributed by atoms with Crippen LogP contribution in [0.25, 0.3) is 0 Å². The molecule has 0 rings (SSSR count). The molecule has 5 nitrogen and oxygen atoms in total. The van der Waals surface area contributed by atoms with E-state index in [0.717, 1.165) is 65.3 Å². The van der Waals surface area contributed by atoms with E-state index in [-0.39, 0.29) is 0 Å². The van der Waals surface area contributed by atoms with Crippen molar-refractivity contribution in [2.45, 2.75) is 52.4 Å². The molecule has 0 aromatic carbocycles. The van der Waals surface area contributed by atoms with Gasteiger partial charge in [-0.25, -0.2) is 0 Å². The minimum Gasteiger partial charge on any atom is -0.381 e. The molecule has 0 aliphatic heterocycles. The Labute approximate surface area is 130 Å². The van der Waals surface area contributed by atoms with E-state index >= 15 is 0 Å². The SMILES string of the molecule is CCCCOCCCOCNCOCCCOCCCC. The maximum atomic E-state index is 5.44. The minimum absolute atomic E-state index is 0.530. The molecule has 0 saturated heterocycles. The fraction of sp³-hybridized carbons (Fsp3) is 1.00. The molecular formula is C16H35NO4. The number of ether oxygens (including phenoxy) is 4. The molecule has 0 unspecified atom stereocenters. The Morgan fingerprint density at radius 2 is 0.905 bits per heavy atom. The fourth-order valence-electron chi connectivity index (χ4n) is 1.55. The van der Waals surface area contributed by atoms with Crippen LogP contribution in [0.15, 0.2) is 0 Å². The Balaban J connectivity index is 2.90. The number of hydrogen-bond donors (Lipinski definition) is 1. The van der Waals surface area contributed by atoms with Crippen LogP contribution in [-0.2, 0) is 18.9 Å². The normalized spacial score (nSPS) is 11.1. The molecule has 0 spiro atoms. The second kappa shape index (κ2) is 19.8. The summed E-state index contributed by atoms with van der Waals surface area (Å²) in [5.41, 5.74) is 0. The third-order valence-corrected chi connectivity index (χ3v) is 2.85. The van der Waals surface area contributed by atoms with Crippen molar-refractivity contribution in [3.8, 4) is 0 Å². The molecule has 0 amide bonds. The largest absolute Gasteiger partial charge is 0.381 e. The Bertz CT molecular complexity index is 164. The van der Waals surface area contributed by atoms with Crippen molar-refractivity contribution in [1.29, 1.82) is 0 Å². The number of hydrogen-bond acceptors (Lipinski definition) is 5. The molecule has 0 bridgehead atoms. The first-order valence-corrected chi connectivity index (χ1v) is 8.43. The first-order valence-electron chi connectivity index (χ1n) is 8.43. The second-order valence-electron chi connectivity index (χ2n) is 4.99. The average Bonchev–Trinajstić information content (AvgIpc) is 2.50. The van der Waals surface area contributed by atoms with Crippen LogP contribution in [0, 0.1) is 0 Å². The summed E-state index contributed by atoms with van der Waals surface area (Å²) in [7, 11) is 0. The molecule has 5 heteroatoms. The zero-order valence-corrected chi connectivity index (χ0v) is 14.0. The van der Waals surface area contributed by atoms with Crippen LogP contribution < -0.4 is 5.32 Å². The van der Waals surface area contributed by atoms with Crippen LogP contribution >= 0.6 is 0 Å². The van der Waals surface area contributed by atoms with Crippen LogP contribution in [0.4, 0.5) is 0 Å². The zero-order chi connectivity index (χ0) is 15.4. The van der Waals surface area contributed by atoms with Crippen LogP contribution in [0.2, 0.25) is 0 Å². The summed E-state index contributed by atoms with van der Waals surface area (Å²) >= 11 is 0. The Morgan fingerprint density at radius 3 is 1.33 bits per heavy atom. The summed E-state index contributed by atoms with van der Waals surface area (Å²) in [6.07, 6.45) is 6.55. The van der Waals surface area contributed by atoms with E-state index in [1.807, 2.05) is 0 Å². The summed E-state index contributed by atoms with van der Waals surface area (Å²) in [4.78, 5) is 0. The van der Waals surface area contributed by atoms with Gasteiger partial charge in [0, 0.05) is 26.4 Å². The summed E-state index contributed by atoms with van der Waals surface area (Å²) < 4.78 is 21.7. The average molecular weight is 305 g/mol. The van der Waals surface area contributed by atoms with Crippen molar-refractivity contribution in [1.82, 2.24) is 5.32 Å². The van der Waals surface area contributed by atoms with Crippen LogP contribution in [0.1, 0.15) is 52.4 Å². The van der Waals surface area contributed by atoms with Crippen molar-refractivity contribution in [2.75, 3.05) is 53.1 Å². The van der Waals surface area contributed by atoms with Gasteiger partial charge in [-0.2, -0.15) is 0 Å². The van der Waals surface area contributed by atoms with Crippen LogP contribution in [0.5, 0.6) is 0 Å². The highest BCUT2D eigenvalue weighted by molar-refractivity contribution is 4.38. The lowest BCUT2D eigenvalue weighted by Gasteiger charge is -2.08. The van der Waals surface area contributed by atoms with E-state index in [2.05, 4.69) is 19.2 Å². The first kappa shape index (κ1) is 20.8. The number of unbranched alkanes of at least 4 members (excludes halogenated alkanes) is 2. The Morgan fingerprint density at radius 1 is 0.524 bits per heavy atom. The molecular weight excluding hydrogens is 270 g/mol. The predicted octanol–water partition coefficient (Wildman–Crippen LogP) is 2.94. The van der Waals surface area contributed by atoms with E-state index in [4.69, 9.17) is 18.9 Å². The summed E-state index contributed by atoms with van der Waals surface area (Å²) in [5.74, 6) is 0. The van der Waals surface area contributed by atoms with E-state index in [1.54, 1.807) is 0 Å². The molecule has 0 aromatic heterocycles. The summed E-state index contributed by atoms with van der Waals surface area (Å²) in [6, 6.07) is 0. The maximum Gasteiger partial charge on any atom is 0.0982 e. The summed E-state index contributed by atoms with van der Waals surface area (Å²) in [5, 5.41) is 3.08. The van der Waals surface area contributed by atoms with Crippen LogP contribution in [-0.4, -0.2) is 53.1 Å². The van der Waals surface area contributed by atoms with Gasteiger partial charge in [-0.15, -0.1) is 0 Å². The smallest absolute Gasteiger partial charge is 0.0982 e. The van der Waals surface area contributed by atoms with Crippen molar-refractivity contribution >= 4 is 0 Å². The highest BCUT2D eigenvalue weighted by atomic mass is 16.5. The van der Waals surface area contributed by atoms with Gasteiger partial charge < -0.3 is 18.9 Å². The number of nitrogens with one attached hydrogen (secondary N) is 1. The Kier molecular flexibility index (Phi) is 19.6. The van der Waals surface area contributed by atoms with E-state index < -0.39 is 0 Å². The highest BCUT2D eigenvalue weighted by Gasteiger charge is 1.92. The molecule has 0 fully saturated rings. The van der Waals surface area contributed by atoms with Gasteiger partial charge in [0.05, 0.1) is 26.7 Å². The highest BCUT2D eigenvalue weighted by Crippen LogP contribution is 1.91. The van der Waals surface area contributed by atoms with Crippen molar-refractivity contribution < 1.29 is 18.9 Å². The van der Waals surface area contributed by atoms with Gasteiger partial charge in [-0.1, -0.05) is 26.7 Å². The number of rotatable bonds is 18. The molecule has 128 valence electrons. The first-order chi connectivity index (χ1) is 10.4. The van der Waals surface area contributed by atoms with Gasteiger partial charge in [-0.3, -0.25) is 5.32 Å². The molecule has 0 atom stereocenters. The Hall–Kier alpha value is -0.200. The van der Waals surface area contributed by atoms with Gasteiger partial charge in [0.1, 0.15) is 0 Å². The van der Waals surface area contributed by atoms with E-state index in [9.17, 15) is 0 Å². The molecule has 1 N–H and O–H groups in total.